The van der Waals surface area contributed by atoms with Crippen molar-refractivity contribution in [1.29, 1.82) is 0 Å². The van der Waals surface area contributed by atoms with Crippen LogP contribution in [0.3, 0.4) is 0 Å². The summed E-state index contributed by atoms with van der Waals surface area (Å²) in [6.45, 7) is 7.56. The number of rotatable bonds is 6. The second kappa shape index (κ2) is 7.08. The van der Waals surface area contributed by atoms with Crippen LogP contribution < -0.4 is 0 Å². The Morgan fingerprint density at radius 3 is 2.67 bits per heavy atom. The van der Waals surface area contributed by atoms with E-state index in [1.807, 2.05) is 6.08 Å². The van der Waals surface area contributed by atoms with Crippen LogP contribution in [0.15, 0.2) is 24.6 Å². The molecule has 0 aliphatic carbocycles. The molecule has 0 radical (unpaired) electrons. The van der Waals surface area contributed by atoms with E-state index in [2.05, 4.69) is 13.5 Å². The maximum absolute atomic E-state index is 12.7. The molecular formula is C11H19F. The van der Waals surface area contributed by atoms with E-state index in [0.29, 0.717) is 12.3 Å². The first-order valence-electron chi connectivity index (χ1n) is 4.62. The van der Waals surface area contributed by atoms with E-state index in [9.17, 15) is 4.39 Å². The standard InChI is InChI=1S/C11H19F/c1-4-6-7-10(3)8-9-11(12)5-2/h4-5,10H,1,6-9H2,2-3H3/b11-5+. The van der Waals surface area contributed by atoms with E-state index >= 15 is 0 Å². The number of halogens is 1. The second-order valence-corrected chi connectivity index (χ2v) is 3.25. The minimum atomic E-state index is 0.0143. The molecule has 0 saturated heterocycles. The summed E-state index contributed by atoms with van der Waals surface area (Å²) in [5.41, 5.74) is 0. The van der Waals surface area contributed by atoms with Crippen LogP contribution in [-0.2, 0) is 0 Å². The Bertz CT molecular complexity index is 147. The summed E-state index contributed by atoms with van der Waals surface area (Å²) < 4.78 is 12.7. The molecule has 0 bridgehead atoms. The van der Waals surface area contributed by atoms with Crippen molar-refractivity contribution in [2.24, 2.45) is 5.92 Å². The summed E-state index contributed by atoms with van der Waals surface area (Å²) in [4.78, 5) is 0. The van der Waals surface area contributed by atoms with Gasteiger partial charge >= 0.3 is 0 Å². The highest BCUT2D eigenvalue weighted by Gasteiger charge is 2.01. The fourth-order valence-corrected chi connectivity index (χ4v) is 1.08. The Morgan fingerprint density at radius 1 is 1.50 bits per heavy atom. The fraction of sp³-hybridized carbons (Fsp3) is 0.636. The van der Waals surface area contributed by atoms with Crippen LogP contribution in [-0.4, -0.2) is 0 Å². The van der Waals surface area contributed by atoms with Crippen LogP contribution in [0.5, 0.6) is 0 Å². The molecule has 1 heteroatoms. The molecule has 0 aliphatic rings. The van der Waals surface area contributed by atoms with Gasteiger partial charge in [-0.2, -0.15) is 0 Å². The smallest absolute Gasteiger partial charge is 0.0957 e. The van der Waals surface area contributed by atoms with Crippen LogP contribution in [0, 0.1) is 5.92 Å². The van der Waals surface area contributed by atoms with Crippen molar-refractivity contribution in [3.05, 3.63) is 24.6 Å². The van der Waals surface area contributed by atoms with E-state index in [-0.39, 0.29) is 5.83 Å². The molecule has 0 fully saturated rings. The Kier molecular flexibility index (Phi) is 6.73. The SMILES string of the molecule is C=CCCC(C)CC/C(F)=C\C. The van der Waals surface area contributed by atoms with Gasteiger partial charge in [0.1, 0.15) is 0 Å². The highest BCUT2D eigenvalue weighted by Crippen LogP contribution is 2.16. The van der Waals surface area contributed by atoms with Gasteiger partial charge in [-0.3, -0.25) is 0 Å². The molecule has 0 rings (SSSR count). The lowest BCUT2D eigenvalue weighted by molar-refractivity contribution is 0.462. The van der Waals surface area contributed by atoms with Gasteiger partial charge in [-0.05, 0) is 38.5 Å². The van der Waals surface area contributed by atoms with Gasteiger partial charge in [-0.15, -0.1) is 6.58 Å². The maximum atomic E-state index is 12.7. The molecule has 1 unspecified atom stereocenters. The Morgan fingerprint density at radius 2 is 2.17 bits per heavy atom. The van der Waals surface area contributed by atoms with Crippen molar-refractivity contribution in [3.63, 3.8) is 0 Å². The molecule has 0 nitrogen and oxygen atoms in total. The minimum absolute atomic E-state index is 0.0143. The minimum Gasteiger partial charge on any atom is -0.212 e. The predicted molar refractivity (Wildman–Crippen MR) is 52.7 cm³/mol. The van der Waals surface area contributed by atoms with Crippen LogP contribution in [0.1, 0.15) is 39.5 Å². The summed E-state index contributed by atoms with van der Waals surface area (Å²) in [6, 6.07) is 0. The van der Waals surface area contributed by atoms with Gasteiger partial charge in [0, 0.05) is 0 Å². The van der Waals surface area contributed by atoms with E-state index in [1.165, 1.54) is 0 Å². The molecule has 0 saturated carbocycles. The quantitative estimate of drug-likeness (QED) is 0.523. The van der Waals surface area contributed by atoms with Gasteiger partial charge in [0.15, 0.2) is 0 Å². The van der Waals surface area contributed by atoms with Gasteiger partial charge in [-0.25, -0.2) is 4.39 Å². The van der Waals surface area contributed by atoms with Gasteiger partial charge in [0.05, 0.1) is 5.83 Å². The van der Waals surface area contributed by atoms with Crippen molar-refractivity contribution in [2.45, 2.75) is 39.5 Å². The molecule has 70 valence electrons. The topological polar surface area (TPSA) is 0 Å². The lowest BCUT2D eigenvalue weighted by Crippen LogP contribution is -1.93. The number of hydrogen-bond donors (Lipinski definition) is 0. The summed E-state index contributed by atoms with van der Waals surface area (Å²) in [5, 5.41) is 0. The Balaban J connectivity index is 3.42. The first-order valence-corrected chi connectivity index (χ1v) is 4.62. The molecule has 0 aliphatic heterocycles. The van der Waals surface area contributed by atoms with E-state index in [4.69, 9.17) is 0 Å². The fourth-order valence-electron chi connectivity index (χ4n) is 1.08. The highest BCUT2D eigenvalue weighted by atomic mass is 19.1. The van der Waals surface area contributed by atoms with Crippen LogP contribution in [0.25, 0.3) is 0 Å². The van der Waals surface area contributed by atoms with Crippen LogP contribution in [0.4, 0.5) is 4.39 Å². The van der Waals surface area contributed by atoms with Crippen molar-refractivity contribution >= 4 is 0 Å². The molecule has 0 aromatic rings. The Labute approximate surface area is 75.2 Å². The predicted octanol–water partition coefficient (Wildman–Crippen LogP) is 4.24. The van der Waals surface area contributed by atoms with E-state index in [0.717, 1.165) is 19.3 Å². The number of hydrogen-bond acceptors (Lipinski definition) is 0. The third-order valence-corrected chi connectivity index (χ3v) is 2.05. The largest absolute Gasteiger partial charge is 0.212 e. The van der Waals surface area contributed by atoms with Crippen molar-refractivity contribution in [1.82, 2.24) is 0 Å². The first kappa shape index (κ1) is 11.4. The van der Waals surface area contributed by atoms with Crippen LogP contribution >= 0.6 is 0 Å². The van der Waals surface area contributed by atoms with Gasteiger partial charge in [0.2, 0.25) is 0 Å². The van der Waals surface area contributed by atoms with Crippen molar-refractivity contribution in [3.8, 4) is 0 Å². The number of allylic oxidation sites excluding steroid dienone is 3. The average molecular weight is 170 g/mol. The summed E-state index contributed by atoms with van der Waals surface area (Å²) >= 11 is 0. The molecule has 1 atom stereocenters. The molecule has 0 amide bonds. The van der Waals surface area contributed by atoms with Crippen LogP contribution in [0.2, 0.25) is 0 Å². The average Bonchev–Trinajstić information content (AvgIpc) is 2.10. The summed E-state index contributed by atoms with van der Waals surface area (Å²) in [5.74, 6) is 0.620. The zero-order chi connectivity index (χ0) is 9.40. The molecule has 0 N–H and O–H groups in total. The van der Waals surface area contributed by atoms with Crippen molar-refractivity contribution < 1.29 is 4.39 Å². The molecule has 0 aromatic heterocycles. The normalized spacial score (nSPS) is 14.4. The van der Waals surface area contributed by atoms with Crippen molar-refractivity contribution in [2.75, 3.05) is 0 Å². The molecule has 12 heavy (non-hydrogen) atoms. The second-order valence-electron chi connectivity index (χ2n) is 3.25. The van der Waals surface area contributed by atoms with E-state index in [1.54, 1.807) is 13.0 Å². The molecule has 0 aromatic carbocycles. The first-order chi connectivity index (χ1) is 5.70. The molecule has 0 spiro atoms. The van der Waals surface area contributed by atoms with Gasteiger partial charge in [-0.1, -0.05) is 19.1 Å². The lowest BCUT2D eigenvalue weighted by atomic mass is 9.99. The third kappa shape index (κ3) is 6.14. The Hall–Kier alpha value is -0.590. The summed E-state index contributed by atoms with van der Waals surface area (Å²) in [6.07, 6.45) is 7.17. The third-order valence-electron chi connectivity index (χ3n) is 2.05. The zero-order valence-corrected chi connectivity index (χ0v) is 8.15. The zero-order valence-electron chi connectivity index (χ0n) is 8.15. The van der Waals surface area contributed by atoms with E-state index < -0.39 is 0 Å². The van der Waals surface area contributed by atoms with Gasteiger partial charge in [0.25, 0.3) is 0 Å². The summed E-state index contributed by atoms with van der Waals surface area (Å²) in [7, 11) is 0. The molecular weight excluding hydrogens is 151 g/mol. The molecule has 0 heterocycles. The monoisotopic (exact) mass is 170 g/mol. The maximum Gasteiger partial charge on any atom is 0.0957 e. The van der Waals surface area contributed by atoms with Gasteiger partial charge < -0.3 is 0 Å². The highest BCUT2D eigenvalue weighted by molar-refractivity contribution is 4.88. The lowest BCUT2D eigenvalue weighted by Gasteiger charge is -2.07.